The summed E-state index contributed by atoms with van der Waals surface area (Å²) in [6.07, 6.45) is 3.29. The average molecular weight is 356 g/mol. The van der Waals surface area contributed by atoms with E-state index in [0.717, 1.165) is 12.8 Å². The smallest absolute Gasteiger partial charge is 0.260 e. The summed E-state index contributed by atoms with van der Waals surface area (Å²) < 4.78 is 10.5. The lowest BCUT2D eigenvalue weighted by molar-refractivity contribution is -0.125. The van der Waals surface area contributed by atoms with E-state index in [0.29, 0.717) is 23.6 Å². The highest BCUT2D eigenvalue weighted by molar-refractivity contribution is 5.84. The third kappa shape index (κ3) is 6.12. The maximum Gasteiger partial charge on any atom is 0.260 e. The van der Waals surface area contributed by atoms with Crippen molar-refractivity contribution in [3.05, 3.63) is 59.7 Å². The fourth-order valence-electron chi connectivity index (χ4n) is 2.42. The van der Waals surface area contributed by atoms with Crippen LogP contribution < -0.4 is 14.8 Å². The van der Waals surface area contributed by atoms with Crippen molar-refractivity contribution in [3.8, 4) is 11.5 Å². The van der Waals surface area contributed by atoms with Crippen LogP contribution in [0, 0.1) is 0 Å². The molecule has 0 heterocycles. The van der Waals surface area contributed by atoms with Gasteiger partial charge in [-0.3, -0.25) is 4.79 Å². The van der Waals surface area contributed by atoms with Crippen molar-refractivity contribution in [2.45, 2.75) is 12.8 Å². The molecule has 0 unspecified atom stereocenters. The Morgan fingerprint density at radius 3 is 2.62 bits per heavy atom. The molecule has 0 aliphatic heterocycles. The van der Waals surface area contributed by atoms with Crippen LogP contribution >= 0.6 is 0 Å². The highest BCUT2D eigenvalue weighted by atomic mass is 16.6. The van der Waals surface area contributed by atoms with Gasteiger partial charge in [0.05, 0.1) is 20.4 Å². The molecule has 0 aromatic heterocycles. The molecule has 0 radical (unpaired) electrons. The summed E-state index contributed by atoms with van der Waals surface area (Å²) in [7, 11) is 3.12. The fraction of sp³-hybridized carbons (Fsp3) is 0.300. The Kier molecular flexibility index (Phi) is 7.99. The van der Waals surface area contributed by atoms with Crippen molar-refractivity contribution in [2.24, 2.45) is 5.16 Å². The van der Waals surface area contributed by atoms with Gasteiger partial charge in [-0.1, -0.05) is 41.6 Å². The normalized spacial score (nSPS) is 10.5. The number of methoxy groups -OCH3 is 2. The Balaban J connectivity index is 1.69. The summed E-state index contributed by atoms with van der Waals surface area (Å²) in [4.78, 5) is 16.8. The molecule has 0 fully saturated rings. The summed E-state index contributed by atoms with van der Waals surface area (Å²) in [5, 5.41) is 6.63. The molecule has 1 amide bonds. The quantitative estimate of drug-likeness (QED) is 0.404. The molecule has 26 heavy (non-hydrogen) atoms. The molecule has 2 rings (SSSR count). The van der Waals surface area contributed by atoms with E-state index in [1.165, 1.54) is 11.8 Å². The van der Waals surface area contributed by atoms with Crippen LogP contribution in [0.5, 0.6) is 11.5 Å². The second-order valence-electron chi connectivity index (χ2n) is 5.53. The maximum atomic E-state index is 11.7. The molecule has 0 aliphatic carbocycles. The number of hydrogen-bond donors (Lipinski definition) is 1. The Bertz CT molecular complexity index is 717. The Hall–Kier alpha value is -3.02. The van der Waals surface area contributed by atoms with E-state index in [-0.39, 0.29) is 12.5 Å². The Morgan fingerprint density at radius 1 is 1.08 bits per heavy atom. The third-order valence-corrected chi connectivity index (χ3v) is 3.70. The Morgan fingerprint density at radius 2 is 1.88 bits per heavy atom. The predicted molar refractivity (Wildman–Crippen MR) is 101 cm³/mol. The van der Waals surface area contributed by atoms with Crippen LogP contribution in [0.2, 0.25) is 0 Å². The first kappa shape index (κ1) is 19.3. The van der Waals surface area contributed by atoms with Crippen molar-refractivity contribution < 1.29 is 19.1 Å². The molecule has 0 saturated carbocycles. The maximum absolute atomic E-state index is 11.7. The van der Waals surface area contributed by atoms with Gasteiger partial charge in [-0.25, -0.2) is 0 Å². The number of nitrogens with zero attached hydrogens (tertiary/aromatic N) is 1. The number of para-hydroxylation sites is 1. The van der Waals surface area contributed by atoms with Gasteiger partial charge in [-0.15, -0.1) is 0 Å². The number of benzene rings is 2. The van der Waals surface area contributed by atoms with Crippen molar-refractivity contribution in [3.63, 3.8) is 0 Å². The van der Waals surface area contributed by atoms with E-state index in [2.05, 4.69) is 22.6 Å². The van der Waals surface area contributed by atoms with Gasteiger partial charge in [-0.2, -0.15) is 0 Å². The van der Waals surface area contributed by atoms with Crippen LogP contribution in [0.25, 0.3) is 0 Å². The zero-order valence-corrected chi connectivity index (χ0v) is 15.1. The van der Waals surface area contributed by atoms with E-state index in [1.54, 1.807) is 20.3 Å². The van der Waals surface area contributed by atoms with Crippen LogP contribution in [0.1, 0.15) is 17.5 Å². The minimum atomic E-state index is -0.201. The van der Waals surface area contributed by atoms with Crippen LogP contribution in [0.4, 0.5) is 0 Å². The summed E-state index contributed by atoms with van der Waals surface area (Å²) in [5.41, 5.74) is 1.96. The number of carbonyl (C=O) groups excluding carboxylic acids is 1. The van der Waals surface area contributed by atoms with Gasteiger partial charge in [0.1, 0.15) is 0 Å². The lowest BCUT2D eigenvalue weighted by atomic mass is 10.1. The minimum Gasteiger partial charge on any atom is -0.493 e. The molecule has 0 saturated heterocycles. The molecule has 0 bridgehead atoms. The zero-order valence-electron chi connectivity index (χ0n) is 15.1. The summed E-state index contributed by atoms with van der Waals surface area (Å²) in [6, 6.07) is 15.6. The van der Waals surface area contributed by atoms with Gasteiger partial charge in [0, 0.05) is 12.1 Å². The standard InChI is InChI=1S/C20H24N2O4/c1-24-18-12-6-11-17(20(18)25-2)14-22-26-15-19(23)21-13-7-10-16-8-4-3-5-9-16/h3-6,8-9,11-12,14H,7,10,13,15H2,1-2H3,(H,21,23)/b22-14+. The van der Waals surface area contributed by atoms with Gasteiger partial charge >= 0.3 is 0 Å². The van der Waals surface area contributed by atoms with E-state index in [4.69, 9.17) is 14.3 Å². The number of ether oxygens (including phenoxy) is 2. The molecular weight excluding hydrogens is 332 g/mol. The molecule has 0 atom stereocenters. The number of nitrogens with one attached hydrogen (secondary N) is 1. The minimum absolute atomic E-state index is 0.131. The molecular formula is C20H24N2O4. The van der Waals surface area contributed by atoms with Gasteiger partial charge in [0.2, 0.25) is 0 Å². The van der Waals surface area contributed by atoms with Crippen molar-refractivity contribution >= 4 is 12.1 Å². The fourth-order valence-corrected chi connectivity index (χ4v) is 2.42. The molecule has 1 N–H and O–H groups in total. The first-order valence-corrected chi connectivity index (χ1v) is 8.41. The first-order valence-electron chi connectivity index (χ1n) is 8.41. The number of carbonyl (C=O) groups is 1. The van der Waals surface area contributed by atoms with E-state index >= 15 is 0 Å². The van der Waals surface area contributed by atoms with Crippen molar-refractivity contribution in [1.82, 2.24) is 5.32 Å². The number of oxime groups is 1. The monoisotopic (exact) mass is 356 g/mol. The SMILES string of the molecule is COc1cccc(/C=N/OCC(=O)NCCCc2ccccc2)c1OC. The number of rotatable bonds is 10. The molecule has 2 aromatic carbocycles. The van der Waals surface area contributed by atoms with Gasteiger partial charge in [0.15, 0.2) is 18.1 Å². The number of aryl methyl sites for hydroxylation is 1. The van der Waals surface area contributed by atoms with Gasteiger partial charge in [-0.05, 0) is 30.5 Å². The predicted octanol–water partition coefficient (Wildman–Crippen LogP) is 2.80. The lowest BCUT2D eigenvalue weighted by Gasteiger charge is -2.09. The van der Waals surface area contributed by atoms with Crippen LogP contribution in [0.3, 0.4) is 0 Å². The largest absolute Gasteiger partial charge is 0.493 e. The van der Waals surface area contributed by atoms with Crippen LogP contribution in [-0.2, 0) is 16.1 Å². The average Bonchev–Trinajstić information content (AvgIpc) is 2.69. The van der Waals surface area contributed by atoms with Gasteiger partial charge < -0.3 is 19.6 Å². The summed E-state index contributed by atoms with van der Waals surface area (Å²) >= 11 is 0. The van der Waals surface area contributed by atoms with E-state index in [9.17, 15) is 4.79 Å². The number of amides is 1. The lowest BCUT2D eigenvalue weighted by Crippen LogP contribution is -2.28. The molecule has 0 aliphatic rings. The summed E-state index contributed by atoms with van der Waals surface area (Å²) in [5.74, 6) is 0.966. The van der Waals surface area contributed by atoms with E-state index < -0.39 is 0 Å². The number of hydrogen-bond acceptors (Lipinski definition) is 5. The molecule has 6 nitrogen and oxygen atoms in total. The summed E-state index contributed by atoms with van der Waals surface area (Å²) in [6.45, 7) is 0.471. The van der Waals surface area contributed by atoms with Crippen molar-refractivity contribution in [2.75, 3.05) is 27.4 Å². The molecule has 6 heteroatoms. The first-order chi connectivity index (χ1) is 12.7. The zero-order chi connectivity index (χ0) is 18.6. The molecule has 2 aromatic rings. The van der Waals surface area contributed by atoms with Crippen LogP contribution in [0.15, 0.2) is 53.7 Å². The van der Waals surface area contributed by atoms with Crippen molar-refractivity contribution in [1.29, 1.82) is 0 Å². The van der Waals surface area contributed by atoms with E-state index in [1.807, 2.05) is 30.3 Å². The topological polar surface area (TPSA) is 69.2 Å². The molecule has 138 valence electrons. The second-order valence-corrected chi connectivity index (χ2v) is 5.53. The second kappa shape index (κ2) is 10.8. The van der Waals surface area contributed by atoms with Crippen LogP contribution in [-0.4, -0.2) is 39.5 Å². The Labute approximate surface area is 153 Å². The highest BCUT2D eigenvalue weighted by Gasteiger charge is 2.07. The van der Waals surface area contributed by atoms with Gasteiger partial charge in [0.25, 0.3) is 5.91 Å². The third-order valence-electron chi connectivity index (χ3n) is 3.70. The molecule has 0 spiro atoms. The highest BCUT2D eigenvalue weighted by Crippen LogP contribution is 2.29.